The van der Waals surface area contributed by atoms with Crippen LogP contribution in [0.3, 0.4) is 0 Å². The number of nitrogens with one attached hydrogen (secondary N) is 1. The fraction of sp³-hybridized carbons (Fsp3) is 0.538. The zero-order valence-electron chi connectivity index (χ0n) is 9.69. The van der Waals surface area contributed by atoms with Crippen LogP contribution in [0, 0.1) is 11.7 Å². The monoisotopic (exact) mass is 241 g/mol. The third-order valence-electron chi connectivity index (χ3n) is 3.93. The summed E-state index contributed by atoms with van der Waals surface area (Å²) in [6.45, 7) is 3.14. The molecule has 0 spiro atoms. The summed E-state index contributed by atoms with van der Waals surface area (Å²) >= 11 is 6.16. The van der Waals surface area contributed by atoms with Crippen molar-refractivity contribution in [2.45, 2.75) is 25.2 Å². The average molecular weight is 242 g/mol. The van der Waals surface area contributed by atoms with Crippen molar-refractivity contribution in [1.82, 2.24) is 5.32 Å². The van der Waals surface area contributed by atoms with Crippen LogP contribution >= 0.6 is 11.6 Å². The summed E-state index contributed by atoms with van der Waals surface area (Å²) in [5.41, 5.74) is 1.18. The Morgan fingerprint density at radius 2 is 2.31 bits per heavy atom. The molecular weight excluding hydrogens is 225 g/mol. The van der Waals surface area contributed by atoms with Gasteiger partial charge in [-0.3, -0.25) is 0 Å². The van der Waals surface area contributed by atoms with E-state index in [-0.39, 0.29) is 11.2 Å². The van der Waals surface area contributed by atoms with Crippen molar-refractivity contribution < 1.29 is 4.39 Å². The quantitative estimate of drug-likeness (QED) is 0.856. The van der Waals surface area contributed by atoms with Crippen molar-refractivity contribution in [1.29, 1.82) is 0 Å². The van der Waals surface area contributed by atoms with E-state index in [1.54, 1.807) is 0 Å². The number of halogens is 2. The minimum absolute atomic E-state index is 0.0968. The SMILES string of the molecule is CNCC1(c2ccc(F)cc2Cl)CCC1C. The van der Waals surface area contributed by atoms with E-state index >= 15 is 0 Å². The first-order chi connectivity index (χ1) is 7.60. The highest BCUT2D eigenvalue weighted by Gasteiger charge is 2.45. The van der Waals surface area contributed by atoms with Gasteiger partial charge < -0.3 is 5.32 Å². The van der Waals surface area contributed by atoms with Crippen LogP contribution in [0.2, 0.25) is 5.02 Å². The van der Waals surface area contributed by atoms with Crippen LogP contribution in [0.5, 0.6) is 0 Å². The molecule has 1 saturated carbocycles. The highest BCUT2D eigenvalue weighted by molar-refractivity contribution is 6.31. The van der Waals surface area contributed by atoms with Gasteiger partial charge >= 0.3 is 0 Å². The van der Waals surface area contributed by atoms with Crippen molar-refractivity contribution in [3.63, 3.8) is 0 Å². The fourth-order valence-corrected chi connectivity index (χ4v) is 3.10. The highest BCUT2D eigenvalue weighted by atomic mass is 35.5. The van der Waals surface area contributed by atoms with E-state index in [1.807, 2.05) is 13.1 Å². The van der Waals surface area contributed by atoms with Crippen molar-refractivity contribution in [2.75, 3.05) is 13.6 Å². The van der Waals surface area contributed by atoms with E-state index in [0.29, 0.717) is 10.9 Å². The molecule has 0 amide bonds. The Kier molecular flexibility index (Phi) is 3.22. The first kappa shape index (κ1) is 11.9. The molecule has 1 N–H and O–H groups in total. The van der Waals surface area contributed by atoms with Crippen LogP contribution in [0.1, 0.15) is 25.3 Å². The third-order valence-corrected chi connectivity index (χ3v) is 4.24. The molecule has 1 aromatic carbocycles. The van der Waals surface area contributed by atoms with Crippen molar-refractivity contribution in [2.24, 2.45) is 5.92 Å². The summed E-state index contributed by atoms with van der Waals surface area (Å²) in [6.07, 6.45) is 2.34. The smallest absolute Gasteiger partial charge is 0.124 e. The van der Waals surface area contributed by atoms with Gasteiger partial charge in [-0.2, -0.15) is 0 Å². The Labute approximate surface area is 101 Å². The maximum absolute atomic E-state index is 13.0. The molecule has 2 unspecified atom stereocenters. The fourth-order valence-electron chi connectivity index (χ4n) is 2.75. The largest absolute Gasteiger partial charge is 0.319 e. The number of benzene rings is 1. The molecule has 16 heavy (non-hydrogen) atoms. The number of likely N-dealkylation sites (N-methyl/N-ethyl adjacent to an activating group) is 1. The second kappa shape index (κ2) is 4.34. The lowest BCUT2D eigenvalue weighted by molar-refractivity contribution is 0.137. The zero-order chi connectivity index (χ0) is 11.8. The van der Waals surface area contributed by atoms with Crippen LogP contribution in [0.4, 0.5) is 4.39 Å². The molecule has 0 bridgehead atoms. The predicted molar refractivity (Wildman–Crippen MR) is 65.4 cm³/mol. The minimum atomic E-state index is -0.264. The predicted octanol–water partition coefficient (Wildman–Crippen LogP) is 3.37. The molecule has 1 aliphatic carbocycles. The summed E-state index contributed by atoms with van der Waals surface area (Å²) in [4.78, 5) is 0. The van der Waals surface area contributed by atoms with Crippen LogP contribution in [-0.4, -0.2) is 13.6 Å². The standard InChI is InChI=1S/C13H17ClFN/c1-9-5-6-13(9,8-16-2)11-4-3-10(15)7-12(11)14/h3-4,7,9,16H,5-6,8H2,1-2H3. The van der Waals surface area contributed by atoms with E-state index in [0.717, 1.165) is 18.5 Å². The molecule has 2 rings (SSSR count). The summed E-state index contributed by atoms with van der Waals surface area (Å²) in [5, 5.41) is 3.79. The average Bonchev–Trinajstić information content (AvgIpc) is 2.24. The molecule has 1 nitrogen and oxygen atoms in total. The second-order valence-corrected chi connectivity index (χ2v) is 5.16. The molecule has 88 valence electrons. The maximum atomic E-state index is 13.0. The Bertz CT molecular complexity index is 394. The Morgan fingerprint density at radius 3 is 2.75 bits per heavy atom. The lowest BCUT2D eigenvalue weighted by Crippen LogP contribution is -2.49. The first-order valence-corrected chi connectivity index (χ1v) is 6.08. The molecule has 2 atom stereocenters. The van der Waals surface area contributed by atoms with Crippen LogP contribution in [-0.2, 0) is 5.41 Å². The minimum Gasteiger partial charge on any atom is -0.319 e. The maximum Gasteiger partial charge on any atom is 0.124 e. The highest BCUT2D eigenvalue weighted by Crippen LogP contribution is 2.50. The van der Waals surface area contributed by atoms with Gasteiger partial charge in [-0.1, -0.05) is 24.6 Å². The second-order valence-electron chi connectivity index (χ2n) is 4.75. The normalized spacial score (nSPS) is 28.9. The molecule has 0 aliphatic heterocycles. The Balaban J connectivity index is 2.40. The van der Waals surface area contributed by atoms with E-state index in [4.69, 9.17) is 11.6 Å². The van der Waals surface area contributed by atoms with Gasteiger partial charge in [0.25, 0.3) is 0 Å². The van der Waals surface area contributed by atoms with Gasteiger partial charge in [0, 0.05) is 17.0 Å². The molecule has 0 saturated heterocycles. The van der Waals surface area contributed by atoms with Crippen molar-refractivity contribution in [3.05, 3.63) is 34.6 Å². The lowest BCUT2D eigenvalue weighted by Gasteiger charge is -2.49. The molecule has 0 aromatic heterocycles. The summed E-state index contributed by atoms with van der Waals surface area (Å²) in [7, 11) is 1.95. The van der Waals surface area contributed by atoms with Crippen molar-refractivity contribution >= 4 is 11.6 Å². The van der Waals surface area contributed by atoms with Gasteiger partial charge in [-0.05, 0) is 43.5 Å². The topological polar surface area (TPSA) is 12.0 Å². The van der Waals surface area contributed by atoms with Crippen LogP contribution in [0.25, 0.3) is 0 Å². The third kappa shape index (κ3) is 1.74. The van der Waals surface area contributed by atoms with E-state index in [9.17, 15) is 4.39 Å². The molecule has 0 radical (unpaired) electrons. The molecule has 3 heteroatoms. The van der Waals surface area contributed by atoms with E-state index in [2.05, 4.69) is 12.2 Å². The molecule has 1 aromatic rings. The Hall–Kier alpha value is -0.600. The van der Waals surface area contributed by atoms with Crippen LogP contribution in [0.15, 0.2) is 18.2 Å². The van der Waals surface area contributed by atoms with Gasteiger partial charge in [0.15, 0.2) is 0 Å². The van der Waals surface area contributed by atoms with Gasteiger partial charge in [0.05, 0.1) is 0 Å². The van der Waals surface area contributed by atoms with E-state index in [1.165, 1.54) is 18.6 Å². The molecule has 1 fully saturated rings. The molecule has 0 heterocycles. The van der Waals surface area contributed by atoms with Crippen molar-refractivity contribution in [3.8, 4) is 0 Å². The molecular formula is C13H17ClFN. The number of rotatable bonds is 3. The van der Waals surface area contributed by atoms with Crippen LogP contribution < -0.4 is 5.32 Å². The first-order valence-electron chi connectivity index (χ1n) is 5.70. The lowest BCUT2D eigenvalue weighted by atomic mass is 9.57. The summed E-state index contributed by atoms with van der Waals surface area (Å²) in [5.74, 6) is 0.336. The summed E-state index contributed by atoms with van der Waals surface area (Å²) in [6, 6.07) is 4.76. The van der Waals surface area contributed by atoms with E-state index < -0.39 is 0 Å². The number of hydrogen-bond acceptors (Lipinski definition) is 1. The molecule has 1 aliphatic rings. The Morgan fingerprint density at radius 1 is 1.56 bits per heavy atom. The van der Waals surface area contributed by atoms with Gasteiger partial charge in [-0.25, -0.2) is 4.39 Å². The zero-order valence-corrected chi connectivity index (χ0v) is 10.4. The van der Waals surface area contributed by atoms with Gasteiger partial charge in [0.2, 0.25) is 0 Å². The number of hydrogen-bond donors (Lipinski definition) is 1. The van der Waals surface area contributed by atoms with Gasteiger partial charge in [0.1, 0.15) is 5.82 Å². The van der Waals surface area contributed by atoms with Gasteiger partial charge in [-0.15, -0.1) is 0 Å². The summed E-state index contributed by atoms with van der Waals surface area (Å²) < 4.78 is 13.0.